The molecule has 1 N–H and O–H groups in total. The normalized spacial score (nSPS) is 12.6. The van der Waals surface area contributed by atoms with E-state index in [9.17, 15) is 14.4 Å². The molecule has 1 heterocycles. The molecule has 36 heavy (non-hydrogen) atoms. The number of carbonyl (C=O) groups excluding carboxylic acids is 1. The molecule has 9 nitrogen and oxygen atoms in total. The Bertz CT molecular complexity index is 1400. The highest BCUT2D eigenvalue weighted by molar-refractivity contribution is 6.30. The number of ether oxygens (including phenoxy) is 2. The van der Waals surface area contributed by atoms with Crippen molar-refractivity contribution in [3.63, 3.8) is 0 Å². The first-order valence-electron chi connectivity index (χ1n) is 11.7. The first-order chi connectivity index (χ1) is 17.1. The van der Waals surface area contributed by atoms with Gasteiger partial charge in [0.1, 0.15) is 5.75 Å². The average molecular weight is 515 g/mol. The number of nitrogens with one attached hydrogen (secondary N) is 1. The Morgan fingerprint density at radius 2 is 1.83 bits per heavy atom. The molecule has 0 saturated heterocycles. The molecule has 0 aliphatic carbocycles. The van der Waals surface area contributed by atoms with Crippen molar-refractivity contribution >= 4 is 23.3 Å². The number of hydrogen-bond donors (Lipinski definition) is 1. The van der Waals surface area contributed by atoms with Gasteiger partial charge in [-0.1, -0.05) is 30.7 Å². The van der Waals surface area contributed by atoms with E-state index < -0.39 is 23.4 Å². The van der Waals surface area contributed by atoms with Gasteiger partial charge in [-0.05, 0) is 68.7 Å². The minimum absolute atomic E-state index is 0.0217. The number of nitrogens with zero attached hydrogens (tertiary/aromatic N) is 3. The Balaban J connectivity index is 2.19. The zero-order chi connectivity index (χ0) is 26.4. The van der Waals surface area contributed by atoms with Gasteiger partial charge in [0.25, 0.3) is 0 Å². The first kappa shape index (κ1) is 27.0. The maximum atomic E-state index is 13.6. The Labute approximate surface area is 214 Å². The molecule has 0 bridgehead atoms. The maximum Gasteiger partial charge on any atom is 0.335 e. The highest BCUT2D eigenvalue weighted by atomic mass is 35.5. The number of halogens is 1. The Hall–Kier alpha value is -3.59. The van der Waals surface area contributed by atoms with E-state index in [0.29, 0.717) is 17.1 Å². The smallest absolute Gasteiger partial charge is 0.335 e. The topological polar surface area (TPSA) is 108 Å². The Kier molecular flexibility index (Phi) is 8.93. The summed E-state index contributed by atoms with van der Waals surface area (Å²) in [6.45, 7) is 7.72. The van der Waals surface area contributed by atoms with Crippen LogP contribution in [-0.2, 0) is 16.1 Å². The number of hydrogen-bond acceptors (Lipinski definition) is 6. The summed E-state index contributed by atoms with van der Waals surface area (Å²) in [5, 5.41) is 0.566. The van der Waals surface area contributed by atoms with Crippen molar-refractivity contribution < 1.29 is 14.3 Å². The lowest BCUT2D eigenvalue weighted by molar-refractivity contribution is -0.141. The largest absolute Gasteiger partial charge is 0.491 e. The first-order valence-corrected chi connectivity index (χ1v) is 12.1. The second kappa shape index (κ2) is 11.9. The van der Waals surface area contributed by atoms with E-state index in [-0.39, 0.29) is 24.7 Å². The van der Waals surface area contributed by atoms with Gasteiger partial charge in [-0.2, -0.15) is 0 Å². The number of aromatic amines is 1. The summed E-state index contributed by atoms with van der Waals surface area (Å²) in [5.41, 5.74) is 1.05. The molecular formula is C26H31ClN4O5. The lowest BCUT2D eigenvalue weighted by Gasteiger charge is -2.18. The van der Waals surface area contributed by atoms with Crippen molar-refractivity contribution in [2.45, 2.75) is 59.2 Å². The molecule has 0 radical (unpaired) electrons. The highest BCUT2D eigenvalue weighted by Crippen LogP contribution is 2.24. The molecule has 0 amide bonds. The van der Waals surface area contributed by atoms with Gasteiger partial charge in [0.05, 0.1) is 37.9 Å². The quantitative estimate of drug-likeness (QED) is 0.436. The van der Waals surface area contributed by atoms with E-state index in [1.165, 1.54) is 11.7 Å². The van der Waals surface area contributed by atoms with Crippen LogP contribution in [0.5, 0.6) is 5.75 Å². The molecule has 0 unspecified atom stereocenters. The second-order valence-corrected chi connectivity index (χ2v) is 9.13. The fourth-order valence-electron chi connectivity index (χ4n) is 3.76. The molecule has 1 atom stereocenters. The third kappa shape index (κ3) is 6.54. The van der Waals surface area contributed by atoms with E-state index in [4.69, 9.17) is 21.1 Å². The molecule has 0 spiro atoms. The molecule has 10 heteroatoms. The van der Waals surface area contributed by atoms with Crippen LogP contribution >= 0.6 is 11.6 Å². The van der Waals surface area contributed by atoms with E-state index >= 15 is 0 Å². The van der Waals surface area contributed by atoms with Gasteiger partial charge < -0.3 is 9.47 Å². The zero-order valence-electron chi connectivity index (χ0n) is 21.1. The van der Waals surface area contributed by atoms with Crippen LogP contribution in [0.3, 0.4) is 0 Å². The molecule has 2 aromatic carbocycles. The number of esters is 1. The van der Waals surface area contributed by atoms with Crippen LogP contribution in [0.1, 0.15) is 50.8 Å². The highest BCUT2D eigenvalue weighted by Gasteiger charge is 2.21. The summed E-state index contributed by atoms with van der Waals surface area (Å²) in [4.78, 5) is 45.9. The molecule has 0 aliphatic rings. The summed E-state index contributed by atoms with van der Waals surface area (Å²) >= 11 is 6.02. The number of benzene rings is 2. The molecule has 192 valence electrons. The summed E-state index contributed by atoms with van der Waals surface area (Å²) in [7, 11) is 1.27. The Morgan fingerprint density at radius 1 is 1.14 bits per heavy atom. The van der Waals surface area contributed by atoms with Crippen LogP contribution in [0.2, 0.25) is 5.02 Å². The SMILES string of the molecule is CC[C@@H](CC(=O)OC)n1c(=O)[nH]/c(=N\c2ccc(OC(C)C)c(C)c2)n(Cc2ccc(Cl)cc2)c1=O. The molecule has 0 saturated carbocycles. The lowest BCUT2D eigenvalue weighted by atomic mass is 10.1. The summed E-state index contributed by atoms with van der Waals surface area (Å²) < 4.78 is 13.0. The van der Waals surface area contributed by atoms with Crippen LogP contribution in [0.25, 0.3) is 0 Å². The fourth-order valence-corrected chi connectivity index (χ4v) is 3.89. The van der Waals surface area contributed by atoms with Gasteiger partial charge in [0.15, 0.2) is 0 Å². The van der Waals surface area contributed by atoms with Gasteiger partial charge in [-0.3, -0.25) is 14.3 Å². The van der Waals surface area contributed by atoms with Crippen molar-refractivity contribution in [3.8, 4) is 5.75 Å². The van der Waals surface area contributed by atoms with Gasteiger partial charge in [-0.25, -0.2) is 19.1 Å². The third-order valence-corrected chi connectivity index (χ3v) is 5.86. The van der Waals surface area contributed by atoms with Crippen LogP contribution in [0.4, 0.5) is 5.69 Å². The number of aromatic nitrogens is 3. The van der Waals surface area contributed by atoms with Crippen LogP contribution in [-0.4, -0.2) is 33.3 Å². The van der Waals surface area contributed by atoms with Crippen LogP contribution in [0, 0.1) is 6.92 Å². The minimum Gasteiger partial charge on any atom is -0.491 e. The minimum atomic E-state index is -0.672. The van der Waals surface area contributed by atoms with Crippen molar-refractivity contribution in [2.75, 3.05) is 7.11 Å². The van der Waals surface area contributed by atoms with Gasteiger partial charge in [0.2, 0.25) is 5.62 Å². The molecule has 3 rings (SSSR count). The monoisotopic (exact) mass is 514 g/mol. The standard InChI is InChI=1S/C26H31ClN4O5/c1-6-21(14-23(32)35-5)31-25(33)29-24(28-20-11-12-22(17(4)13-20)36-16(2)3)30(26(31)34)15-18-7-9-19(27)10-8-18/h7-13,16,21H,6,14-15H2,1-5H3,(H,28,29,33)/t21-/m0/s1. The number of methoxy groups -OCH3 is 1. The van der Waals surface area contributed by atoms with E-state index in [2.05, 4.69) is 9.98 Å². The maximum absolute atomic E-state index is 13.6. The van der Waals surface area contributed by atoms with Crippen LogP contribution < -0.4 is 21.7 Å². The van der Waals surface area contributed by atoms with Gasteiger partial charge >= 0.3 is 17.3 Å². The molecule has 3 aromatic rings. The average Bonchev–Trinajstić information content (AvgIpc) is 2.83. The predicted octanol–water partition coefficient (Wildman–Crippen LogP) is 3.88. The molecule has 0 fully saturated rings. The molecule has 0 aliphatic heterocycles. The van der Waals surface area contributed by atoms with Crippen molar-refractivity contribution in [3.05, 3.63) is 85.2 Å². The lowest BCUT2D eigenvalue weighted by Crippen LogP contribution is -2.51. The summed E-state index contributed by atoms with van der Waals surface area (Å²) in [6, 6.07) is 11.7. The van der Waals surface area contributed by atoms with E-state index in [0.717, 1.165) is 21.4 Å². The van der Waals surface area contributed by atoms with Crippen molar-refractivity contribution in [1.82, 2.24) is 14.1 Å². The molecule has 1 aromatic heterocycles. The van der Waals surface area contributed by atoms with E-state index in [1.54, 1.807) is 43.3 Å². The summed E-state index contributed by atoms with van der Waals surface area (Å²) in [5.74, 6) is 0.223. The fraction of sp³-hybridized carbons (Fsp3) is 0.385. The number of rotatable bonds is 9. The number of carbonyl (C=O) groups is 1. The van der Waals surface area contributed by atoms with Gasteiger partial charge in [0, 0.05) is 5.02 Å². The number of H-pyrrole nitrogens is 1. The third-order valence-electron chi connectivity index (χ3n) is 5.61. The van der Waals surface area contributed by atoms with Crippen molar-refractivity contribution in [1.29, 1.82) is 0 Å². The number of aryl methyl sites for hydroxylation is 1. The predicted molar refractivity (Wildman–Crippen MR) is 138 cm³/mol. The molecular weight excluding hydrogens is 484 g/mol. The van der Waals surface area contributed by atoms with Crippen molar-refractivity contribution in [2.24, 2.45) is 4.99 Å². The second-order valence-electron chi connectivity index (χ2n) is 8.69. The zero-order valence-corrected chi connectivity index (χ0v) is 21.8. The Morgan fingerprint density at radius 3 is 2.42 bits per heavy atom. The van der Waals surface area contributed by atoms with E-state index in [1.807, 2.05) is 26.8 Å². The van der Waals surface area contributed by atoms with Crippen LogP contribution in [0.15, 0.2) is 57.0 Å². The van der Waals surface area contributed by atoms with Gasteiger partial charge in [-0.15, -0.1) is 0 Å². The summed E-state index contributed by atoms with van der Waals surface area (Å²) in [6.07, 6.45) is 0.295.